The number of guanidine groups is 2. The summed E-state index contributed by atoms with van der Waals surface area (Å²) in [6.45, 7) is 4.54. The SMILES string of the molecule is CC(CCCNCCCN=C(N)N)NC(=N)N. The maximum atomic E-state index is 7.07. The Bertz CT molecular complexity index is 235. The van der Waals surface area contributed by atoms with Crippen LogP contribution in [0.15, 0.2) is 4.99 Å². The third-order valence-corrected chi connectivity index (χ3v) is 2.20. The maximum absolute atomic E-state index is 7.07. The highest BCUT2D eigenvalue weighted by atomic mass is 15.1. The van der Waals surface area contributed by atoms with Crippen LogP contribution in [0.1, 0.15) is 26.2 Å². The fourth-order valence-electron chi connectivity index (χ4n) is 1.41. The van der Waals surface area contributed by atoms with Crippen molar-refractivity contribution in [3.63, 3.8) is 0 Å². The highest BCUT2D eigenvalue weighted by Crippen LogP contribution is 1.94. The van der Waals surface area contributed by atoms with Crippen molar-refractivity contribution in [2.75, 3.05) is 19.6 Å². The van der Waals surface area contributed by atoms with Gasteiger partial charge in [-0.15, -0.1) is 0 Å². The molecule has 0 fully saturated rings. The lowest BCUT2D eigenvalue weighted by Gasteiger charge is -2.13. The Hall–Kier alpha value is -1.50. The second kappa shape index (κ2) is 9.71. The zero-order valence-corrected chi connectivity index (χ0v) is 10.5. The van der Waals surface area contributed by atoms with Crippen molar-refractivity contribution >= 4 is 11.9 Å². The molecule has 0 aliphatic carbocycles. The second-order valence-electron chi connectivity index (χ2n) is 4.01. The first-order valence-electron chi connectivity index (χ1n) is 5.89. The molecule has 1 atom stereocenters. The molecule has 0 saturated heterocycles. The van der Waals surface area contributed by atoms with Gasteiger partial charge in [-0.25, -0.2) is 0 Å². The summed E-state index contributed by atoms with van der Waals surface area (Å²) in [5.74, 6) is 0.178. The largest absolute Gasteiger partial charge is 0.370 e. The Morgan fingerprint density at radius 3 is 2.47 bits per heavy atom. The molecule has 0 bridgehead atoms. The number of nitrogens with one attached hydrogen (secondary N) is 3. The minimum Gasteiger partial charge on any atom is -0.370 e. The standard InChI is InChI=1S/C10H25N7/c1-8(17-10(13)14)4-2-5-15-6-3-7-16-9(11)12/h8,15H,2-7H2,1H3,(H4,11,12,16)(H4,13,14,17). The lowest BCUT2D eigenvalue weighted by atomic mass is 10.2. The maximum Gasteiger partial charge on any atom is 0.185 e. The monoisotopic (exact) mass is 243 g/mol. The first-order chi connectivity index (χ1) is 8.02. The Morgan fingerprint density at radius 1 is 1.24 bits per heavy atom. The fraction of sp³-hybridized carbons (Fsp3) is 0.800. The molecule has 0 rings (SSSR count). The van der Waals surface area contributed by atoms with Crippen LogP contribution >= 0.6 is 0 Å². The minimum absolute atomic E-state index is 0.0303. The van der Waals surface area contributed by atoms with Crippen LogP contribution in [-0.2, 0) is 0 Å². The van der Waals surface area contributed by atoms with E-state index in [1.807, 2.05) is 6.92 Å². The van der Waals surface area contributed by atoms with Gasteiger partial charge < -0.3 is 27.8 Å². The Labute approximate surface area is 103 Å². The molecule has 0 aromatic heterocycles. The van der Waals surface area contributed by atoms with Gasteiger partial charge in [0.1, 0.15) is 0 Å². The zero-order chi connectivity index (χ0) is 13.1. The predicted octanol–water partition coefficient (Wildman–Crippen LogP) is -1.11. The van der Waals surface area contributed by atoms with Crippen LogP contribution in [0.3, 0.4) is 0 Å². The number of hydrogen-bond acceptors (Lipinski definition) is 3. The molecule has 0 radical (unpaired) electrons. The molecule has 17 heavy (non-hydrogen) atoms. The molecule has 0 spiro atoms. The van der Waals surface area contributed by atoms with Crippen molar-refractivity contribution in [1.82, 2.24) is 10.6 Å². The van der Waals surface area contributed by atoms with Crippen LogP contribution in [0.2, 0.25) is 0 Å². The van der Waals surface area contributed by atoms with Gasteiger partial charge in [-0.3, -0.25) is 10.4 Å². The molecule has 0 aromatic rings. The van der Waals surface area contributed by atoms with E-state index in [9.17, 15) is 0 Å². The zero-order valence-electron chi connectivity index (χ0n) is 10.5. The van der Waals surface area contributed by atoms with E-state index < -0.39 is 0 Å². The van der Waals surface area contributed by atoms with Crippen molar-refractivity contribution < 1.29 is 0 Å². The Morgan fingerprint density at radius 2 is 1.88 bits per heavy atom. The molecule has 0 aliphatic heterocycles. The van der Waals surface area contributed by atoms with Crippen LogP contribution in [0.5, 0.6) is 0 Å². The number of rotatable bonds is 9. The van der Waals surface area contributed by atoms with Crippen LogP contribution in [0.4, 0.5) is 0 Å². The average molecular weight is 243 g/mol. The molecular formula is C10H25N7. The summed E-state index contributed by atoms with van der Waals surface area (Å²) in [4.78, 5) is 3.89. The molecule has 1 unspecified atom stereocenters. The van der Waals surface area contributed by atoms with Crippen molar-refractivity contribution in [1.29, 1.82) is 5.41 Å². The fourth-order valence-corrected chi connectivity index (χ4v) is 1.41. The van der Waals surface area contributed by atoms with Crippen LogP contribution < -0.4 is 27.8 Å². The summed E-state index contributed by atoms with van der Waals surface area (Å²) >= 11 is 0. The summed E-state index contributed by atoms with van der Waals surface area (Å²) in [7, 11) is 0. The van der Waals surface area contributed by atoms with Crippen LogP contribution in [0.25, 0.3) is 0 Å². The van der Waals surface area contributed by atoms with Gasteiger partial charge in [-0.1, -0.05) is 0 Å². The third kappa shape index (κ3) is 12.4. The molecule has 9 N–H and O–H groups in total. The molecule has 100 valence electrons. The molecule has 0 aliphatic rings. The summed E-state index contributed by atoms with van der Waals surface area (Å²) < 4.78 is 0. The number of nitrogens with two attached hydrogens (primary N) is 3. The van der Waals surface area contributed by atoms with Gasteiger partial charge in [-0.05, 0) is 39.3 Å². The van der Waals surface area contributed by atoms with Gasteiger partial charge in [0, 0.05) is 12.6 Å². The molecular weight excluding hydrogens is 218 g/mol. The van der Waals surface area contributed by atoms with Gasteiger partial charge in [0.15, 0.2) is 11.9 Å². The molecule has 0 saturated carbocycles. The van der Waals surface area contributed by atoms with E-state index in [0.717, 1.165) is 32.4 Å². The van der Waals surface area contributed by atoms with Crippen LogP contribution in [0, 0.1) is 5.41 Å². The summed E-state index contributed by atoms with van der Waals surface area (Å²) in [6.07, 6.45) is 2.96. The Balaban J connectivity index is 3.23. The van der Waals surface area contributed by atoms with E-state index in [1.165, 1.54) is 0 Å². The van der Waals surface area contributed by atoms with Crippen molar-refractivity contribution in [3.05, 3.63) is 0 Å². The minimum atomic E-state index is 0.0303. The van der Waals surface area contributed by atoms with Gasteiger partial charge in [-0.2, -0.15) is 0 Å². The quantitative estimate of drug-likeness (QED) is 0.173. The molecule has 0 aromatic carbocycles. The third-order valence-electron chi connectivity index (χ3n) is 2.20. The summed E-state index contributed by atoms with van der Waals surface area (Å²) in [5.41, 5.74) is 15.6. The van der Waals surface area contributed by atoms with Crippen molar-refractivity contribution in [2.24, 2.45) is 22.2 Å². The number of aliphatic imine (C=N–C) groups is 1. The van der Waals surface area contributed by atoms with E-state index in [2.05, 4.69) is 15.6 Å². The topological polar surface area (TPSA) is 138 Å². The van der Waals surface area contributed by atoms with Gasteiger partial charge >= 0.3 is 0 Å². The first-order valence-corrected chi connectivity index (χ1v) is 5.89. The lowest BCUT2D eigenvalue weighted by Crippen LogP contribution is -2.37. The van der Waals surface area contributed by atoms with Crippen LogP contribution in [-0.4, -0.2) is 37.6 Å². The number of nitrogens with zero attached hydrogens (tertiary/aromatic N) is 1. The van der Waals surface area contributed by atoms with Crippen molar-refractivity contribution in [3.8, 4) is 0 Å². The smallest absolute Gasteiger partial charge is 0.185 e. The van der Waals surface area contributed by atoms with E-state index in [1.54, 1.807) is 0 Å². The average Bonchev–Trinajstić information content (AvgIpc) is 2.20. The summed E-state index contributed by atoms with van der Waals surface area (Å²) in [6, 6.07) is 0.246. The van der Waals surface area contributed by atoms with E-state index in [4.69, 9.17) is 22.6 Å². The van der Waals surface area contributed by atoms with Gasteiger partial charge in [0.2, 0.25) is 0 Å². The van der Waals surface area contributed by atoms with Gasteiger partial charge in [0.05, 0.1) is 0 Å². The highest BCUT2D eigenvalue weighted by Gasteiger charge is 2.00. The molecule has 0 heterocycles. The Kier molecular flexibility index (Phi) is 8.85. The second-order valence-corrected chi connectivity index (χ2v) is 4.01. The number of hydrogen-bond donors (Lipinski definition) is 6. The molecule has 7 nitrogen and oxygen atoms in total. The normalized spacial score (nSPS) is 11.8. The first kappa shape index (κ1) is 15.5. The van der Waals surface area contributed by atoms with E-state index in [0.29, 0.717) is 6.54 Å². The van der Waals surface area contributed by atoms with E-state index in [-0.39, 0.29) is 18.0 Å². The summed E-state index contributed by atoms with van der Waals surface area (Å²) in [5, 5.41) is 13.2. The van der Waals surface area contributed by atoms with Crippen molar-refractivity contribution in [2.45, 2.75) is 32.2 Å². The molecule has 7 heteroatoms. The highest BCUT2D eigenvalue weighted by molar-refractivity contribution is 5.75. The van der Waals surface area contributed by atoms with Gasteiger partial charge in [0.25, 0.3) is 0 Å². The lowest BCUT2D eigenvalue weighted by molar-refractivity contribution is 0.540. The molecule has 0 amide bonds. The predicted molar refractivity (Wildman–Crippen MR) is 71.9 cm³/mol. The van der Waals surface area contributed by atoms with E-state index >= 15 is 0 Å².